The van der Waals surface area contributed by atoms with Gasteiger partial charge >= 0.3 is 5.97 Å². The van der Waals surface area contributed by atoms with E-state index in [4.69, 9.17) is 37.9 Å². The standard InChI is InChI=1S/C37H62N2O28/c1-10-21(51)25(55)26(56)34(60-10)65-31-20(39-12(3)46)33(63-28(16(50)7-42)22(52)14(48)5-40)62-18(9-44)29(31)64-35-27(57)32(24(54)17(8-43)61-35)67-37(36(58)59)4-13(47)19(38-11(2)45)30(66-37)23(53)15(49)6-41/h7,10,13-35,40-41,43-44,47-57H,4-6,8-9H2,1-3H3,(H,38,45)(H,39,46)(H,58,59)/t10-,13-,14+,15+,16-,17+,18+,19+,20+,21+,22-,23+,24-,25+,26-,27+,28-,29+,30+,31+,32-,33-,34-,35-,37-/m0/s1. The highest BCUT2D eigenvalue weighted by Crippen LogP contribution is 2.39. The molecule has 4 aliphatic heterocycles. The van der Waals surface area contributed by atoms with Gasteiger partial charge in [0.25, 0.3) is 5.79 Å². The second-order valence-corrected chi connectivity index (χ2v) is 16.5. The number of rotatable bonds is 21. The van der Waals surface area contributed by atoms with Gasteiger partial charge in [0.05, 0.1) is 44.7 Å². The van der Waals surface area contributed by atoms with Gasteiger partial charge < -0.3 is 135 Å². The van der Waals surface area contributed by atoms with Gasteiger partial charge in [-0.1, -0.05) is 0 Å². The van der Waals surface area contributed by atoms with Crippen LogP contribution in [0.1, 0.15) is 27.2 Å². The Morgan fingerprint density at radius 2 is 1.25 bits per heavy atom. The highest BCUT2D eigenvalue weighted by Gasteiger charge is 2.61. The Hall–Kier alpha value is -2.84. The maximum Gasteiger partial charge on any atom is 0.364 e. The lowest BCUT2D eigenvalue weighted by Gasteiger charge is -2.52. The summed E-state index contributed by atoms with van der Waals surface area (Å²) in [7, 11) is 0. The van der Waals surface area contributed by atoms with Crippen LogP contribution in [0.2, 0.25) is 0 Å². The Morgan fingerprint density at radius 3 is 1.79 bits per heavy atom. The van der Waals surface area contributed by atoms with E-state index >= 15 is 0 Å². The molecule has 25 atom stereocenters. The van der Waals surface area contributed by atoms with Crippen molar-refractivity contribution in [3.63, 3.8) is 0 Å². The third kappa shape index (κ3) is 12.7. The number of hydrogen-bond acceptors (Lipinski definition) is 27. The maximum atomic E-state index is 13.0. The van der Waals surface area contributed by atoms with Crippen LogP contribution in [0.15, 0.2) is 0 Å². The van der Waals surface area contributed by atoms with E-state index < -0.39 is 203 Å². The number of aliphatic carboxylic acids is 1. The summed E-state index contributed by atoms with van der Waals surface area (Å²) in [6.07, 6.45) is -46.8. The minimum Gasteiger partial charge on any atom is -0.477 e. The molecule has 0 spiro atoms. The van der Waals surface area contributed by atoms with Gasteiger partial charge in [-0.2, -0.15) is 0 Å². The average molecular weight is 983 g/mol. The first-order chi connectivity index (χ1) is 31.4. The van der Waals surface area contributed by atoms with Crippen LogP contribution in [0.3, 0.4) is 0 Å². The van der Waals surface area contributed by atoms with E-state index in [0.717, 1.165) is 13.8 Å². The summed E-state index contributed by atoms with van der Waals surface area (Å²) < 4.78 is 46.2. The fourth-order valence-electron chi connectivity index (χ4n) is 8.01. The summed E-state index contributed by atoms with van der Waals surface area (Å²) in [5.74, 6) is -7.07. The third-order valence-corrected chi connectivity index (χ3v) is 11.6. The topological polar surface area (TPSA) is 490 Å². The van der Waals surface area contributed by atoms with E-state index in [1.165, 1.54) is 6.92 Å². The molecule has 0 radical (unpaired) electrons. The number of hydrogen-bond donors (Lipinski definition) is 18. The predicted octanol–water partition coefficient (Wildman–Crippen LogP) is -11.6. The number of amides is 2. The zero-order chi connectivity index (χ0) is 50.4. The predicted molar refractivity (Wildman–Crippen MR) is 207 cm³/mol. The van der Waals surface area contributed by atoms with Gasteiger partial charge in [0.1, 0.15) is 110 Å². The second kappa shape index (κ2) is 24.3. The van der Waals surface area contributed by atoms with E-state index in [1.54, 1.807) is 0 Å². The number of carbonyl (C=O) groups is 4. The number of ether oxygens (including phenoxy) is 8. The zero-order valence-corrected chi connectivity index (χ0v) is 36.0. The quantitative estimate of drug-likeness (QED) is 0.0475. The van der Waals surface area contributed by atoms with Gasteiger partial charge in [0.2, 0.25) is 11.8 Å². The lowest BCUT2D eigenvalue weighted by atomic mass is 9.88. The first-order valence-corrected chi connectivity index (χ1v) is 20.9. The van der Waals surface area contributed by atoms with Crippen LogP contribution in [0, 0.1) is 0 Å². The first kappa shape index (κ1) is 56.7. The fourth-order valence-corrected chi connectivity index (χ4v) is 8.01. The first-order valence-electron chi connectivity index (χ1n) is 20.9. The van der Waals surface area contributed by atoms with Crippen LogP contribution in [-0.2, 0) is 57.1 Å². The molecule has 0 aromatic heterocycles. The van der Waals surface area contributed by atoms with Crippen LogP contribution >= 0.6 is 0 Å². The lowest BCUT2D eigenvalue weighted by Crippen LogP contribution is -2.72. The van der Waals surface area contributed by atoms with Gasteiger partial charge in [-0.25, -0.2) is 4.79 Å². The van der Waals surface area contributed by atoms with Crippen LogP contribution < -0.4 is 10.6 Å². The van der Waals surface area contributed by atoms with Crippen LogP contribution in [0.5, 0.6) is 0 Å². The minimum atomic E-state index is -3.22. The van der Waals surface area contributed by atoms with Gasteiger partial charge in [0, 0.05) is 20.3 Å². The SMILES string of the molecule is CC(=O)N[C@H]1[C@H](O[C@H]([C@@H](O)[C@H](O)CO)[C@@H](O)C=O)O[C@H](CO)[C@@H](O[C@@H]2O[C@H](CO)[C@H](O)[C@H](O[C@]3(C(=O)O)C[C@H](O)[C@@H](NC(C)=O)[C@H]([C@H](O)[C@H](O)CO)O3)[C@H]2O)[C@@H]1O[C@@H]1O[C@@H](C)[C@@H](O)[C@@H](O)[C@@H]1O. The van der Waals surface area contributed by atoms with Crippen molar-refractivity contribution >= 4 is 24.1 Å². The molecule has 0 saturated carbocycles. The van der Waals surface area contributed by atoms with Crippen molar-refractivity contribution in [2.24, 2.45) is 0 Å². The molecule has 67 heavy (non-hydrogen) atoms. The largest absolute Gasteiger partial charge is 0.477 e. The van der Waals surface area contributed by atoms with E-state index in [2.05, 4.69) is 10.6 Å². The highest BCUT2D eigenvalue weighted by atomic mass is 16.8. The molecule has 0 unspecified atom stereocenters. The molecule has 4 fully saturated rings. The Bertz CT molecular complexity index is 1620. The summed E-state index contributed by atoms with van der Waals surface area (Å²) in [6, 6.07) is -3.58. The molecule has 0 aromatic carbocycles. The fraction of sp³-hybridized carbons (Fsp3) is 0.892. The average Bonchev–Trinajstić information content (AvgIpc) is 3.29. The summed E-state index contributed by atoms with van der Waals surface area (Å²) in [5.41, 5.74) is 0. The van der Waals surface area contributed by atoms with Crippen molar-refractivity contribution < 1.29 is 139 Å². The van der Waals surface area contributed by atoms with Crippen molar-refractivity contribution in [1.82, 2.24) is 10.6 Å². The van der Waals surface area contributed by atoms with E-state index in [9.17, 15) is 101 Å². The van der Waals surface area contributed by atoms with E-state index in [-0.39, 0.29) is 6.29 Å². The molecule has 0 aliphatic carbocycles. The number of carbonyl (C=O) groups excluding carboxylic acids is 3. The molecule has 0 bridgehead atoms. The van der Waals surface area contributed by atoms with Gasteiger partial charge in [-0.05, 0) is 6.92 Å². The minimum absolute atomic E-state index is 0.139. The third-order valence-electron chi connectivity index (χ3n) is 11.6. The van der Waals surface area contributed by atoms with Crippen molar-refractivity contribution in [3.05, 3.63) is 0 Å². The van der Waals surface area contributed by atoms with Gasteiger partial charge in [0.15, 0.2) is 25.2 Å². The number of aliphatic hydroxyl groups excluding tert-OH is 15. The second-order valence-electron chi connectivity index (χ2n) is 16.5. The molecule has 4 aliphatic rings. The number of nitrogens with one attached hydrogen (secondary N) is 2. The lowest BCUT2D eigenvalue weighted by molar-refractivity contribution is -0.393. The monoisotopic (exact) mass is 982 g/mol. The van der Waals surface area contributed by atoms with Crippen molar-refractivity contribution in [1.29, 1.82) is 0 Å². The maximum absolute atomic E-state index is 13.0. The van der Waals surface area contributed by atoms with Crippen LogP contribution in [0.4, 0.5) is 0 Å². The molecule has 388 valence electrons. The summed E-state index contributed by atoms with van der Waals surface area (Å²) in [4.78, 5) is 49.6. The summed E-state index contributed by atoms with van der Waals surface area (Å²) >= 11 is 0. The number of aliphatic hydroxyl groups is 15. The molecule has 4 heterocycles. The Balaban J connectivity index is 1.81. The molecule has 30 heteroatoms. The summed E-state index contributed by atoms with van der Waals surface area (Å²) in [6.45, 7) is -1.41. The van der Waals surface area contributed by atoms with E-state index in [1.807, 2.05) is 0 Å². The van der Waals surface area contributed by atoms with Gasteiger partial charge in [-0.15, -0.1) is 0 Å². The van der Waals surface area contributed by atoms with E-state index in [0.29, 0.717) is 0 Å². The highest BCUT2D eigenvalue weighted by molar-refractivity contribution is 5.76. The molecule has 18 N–H and O–H groups in total. The Labute approximate surface area is 379 Å². The van der Waals surface area contributed by atoms with Crippen molar-refractivity contribution in [2.75, 3.05) is 26.4 Å². The molecule has 0 aromatic rings. The van der Waals surface area contributed by atoms with Crippen molar-refractivity contribution in [3.8, 4) is 0 Å². The molecular formula is C37H62N2O28. The Morgan fingerprint density at radius 1 is 0.701 bits per heavy atom. The van der Waals surface area contributed by atoms with Crippen LogP contribution in [0.25, 0.3) is 0 Å². The van der Waals surface area contributed by atoms with Gasteiger partial charge in [-0.3, -0.25) is 9.59 Å². The van der Waals surface area contributed by atoms with Crippen molar-refractivity contribution in [2.45, 2.75) is 180 Å². The Kier molecular flexibility index (Phi) is 20.6. The number of carboxylic acid groups (broad SMARTS) is 1. The number of aldehydes is 1. The summed E-state index contributed by atoms with van der Waals surface area (Å²) in [5, 5.41) is 174. The molecule has 4 saturated heterocycles. The molecule has 30 nitrogen and oxygen atoms in total. The van der Waals surface area contributed by atoms with Crippen LogP contribution in [-0.4, -0.2) is 285 Å². The molecule has 4 rings (SSSR count). The molecular weight excluding hydrogens is 920 g/mol. The normalized spacial score (nSPS) is 42.1. The smallest absolute Gasteiger partial charge is 0.364 e. The zero-order valence-electron chi connectivity index (χ0n) is 36.0. The molecule has 2 amide bonds. The number of carboxylic acids is 1.